The van der Waals surface area contributed by atoms with Crippen LogP contribution in [0, 0.1) is 0 Å². The Hall–Kier alpha value is -4.05. The van der Waals surface area contributed by atoms with Gasteiger partial charge in [0.1, 0.15) is 10.3 Å². The Morgan fingerprint density at radius 3 is 2.64 bits per heavy atom. The van der Waals surface area contributed by atoms with Crippen LogP contribution in [-0.2, 0) is 20.0 Å². The number of nitrogens with zero attached hydrogens (tertiary/aromatic N) is 3. The lowest BCUT2D eigenvalue weighted by Gasteiger charge is -2.06. The molecule has 0 atom stereocenters. The number of methoxy groups -OCH3 is 1. The highest BCUT2D eigenvalue weighted by molar-refractivity contribution is 7.19. The first-order valence-electron chi connectivity index (χ1n) is 9.94. The number of carbonyl (C=O) groups is 2. The number of hydrogen-bond donors (Lipinski definition) is 2. The van der Waals surface area contributed by atoms with Crippen molar-refractivity contribution in [2.24, 2.45) is 7.05 Å². The van der Waals surface area contributed by atoms with E-state index in [0.29, 0.717) is 22.7 Å². The molecule has 0 bridgehead atoms. The van der Waals surface area contributed by atoms with Crippen molar-refractivity contribution in [1.29, 1.82) is 0 Å². The van der Waals surface area contributed by atoms with Gasteiger partial charge >= 0.3 is 5.97 Å². The van der Waals surface area contributed by atoms with E-state index in [1.165, 1.54) is 19.2 Å². The molecule has 0 aliphatic rings. The van der Waals surface area contributed by atoms with Crippen molar-refractivity contribution in [3.8, 4) is 5.88 Å². The van der Waals surface area contributed by atoms with E-state index >= 15 is 0 Å². The minimum absolute atomic E-state index is 0.183. The maximum Gasteiger partial charge on any atom is 0.335 e. The molecular weight excluding hydrogens is 444 g/mol. The molecule has 1 aromatic carbocycles. The highest BCUT2D eigenvalue weighted by Crippen LogP contribution is 2.21. The highest BCUT2D eigenvalue weighted by atomic mass is 32.1. The van der Waals surface area contributed by atoms with Crippen LogP contribution in [0.5, 0.6) is 5.88 Å². The number of ether oxygens (including phenoxy) is 1. The molecule has 33 heavy (non-hydrogen) atoms. The van der Waals surface area contributed by atoms with Crippen LogP contribution < -0.4 is 15.5 Å². The van der Waals surface area contributed by atoms with E-state index in [4.69, 9.17) is 9.84 Å². The van der Waals surface area contributed by atoms with Gasteiger partial charge in [-0.2, -0.15) is 0 Å². The summed E-state index contributed by atoms with van der Waals surface area (Å²) in [5, 5.41) is 12.0. The Morgan fingerprint density at radius 1 is 1.18 bits per heavy atom. The average molecular weight is 465 g/mol. The summed E-state index contributed by atoms with van der Waals surface area (Å²) in [6.07, 6.45) is 3.64. The Balaban J connectivity index is 1.56. The second-order valence-corrected chi connectivity index (χ2v) is 8.31. The standard InChI is InChI=1S/C23H20N4O5S/c1-27-12-16(9-13-3-5-15(6-4-13)23(30)31)19(28)18-22(27)33-21(26-18)20(29)25-11-14-7-8-24-17(10-14)32-2/h3-8,10,12H,9,11H2,1-2H3,(H,25,29)(H,30,31). The minimum atomic E-state index is -1.00. The lowest BCUT2D eigenvalue weighted by atomic mass is 10.0. The van der Waals surface area contributed by atoms with Crippen LogP contribution in [0.3, 0.4) is 0 Å². The second kappa shape index (κ2) is 9.21. The number of fused-ring (bicyclic) bond motifs is 1. The third-order valence-corrected chi connectivity index (χ3v) is 6.18. The van der Waals surface area contributed by atoms with E-state index in [0.717, 1.165) is 22.5 Å². The van der Waals surface area contributed by atoms with E-state index in [2.05, 4.69) is 15.3 Å². The van der Waals surface area contributed by atoms with Gasteiger partial charge in [0.05, 0.1) is 12.7 Å². The normalized spacial score (nSPS) is 10.8. The smallest absolute Gasteiger partial charge is 0.335 e. The molecule has 4 aromatic rings. The van der Waals surface area contributed by atoms with E-state index < -0.39 is 5.97 Å². The first-order valence-corrected chi connectivity index (χ1v) is 10.8. The number of carboxylic acid groups (broad SMARTS) is 1. The van der Waals surface area contributed by atoms with Gasteiger partial charge in [0.25, 0.3) is 5.91 Å². The molecule has 2 N–H and O–H groups in total. The number of nitrogens with one attached hydrogen (secondary N) is 1. The number of carbonyl (C=O) groups excluding carboxylic acids is 1. The number of carboxylic acids is 1. The molecule has 0 spiro atoms. The molecule has 0 radical (unpaired) electrons. The van der Waals surface area contributed by atoms with Gasteiger partial charge in [-0.25, -0.2) is 14.8 Å². The molecule has 4 rings (SSSR count). The molecule has 3 aromatic heterocycles. The Morgan fingerprint density at radius 2 is 1.94 bits per heavy atom. The van der Waals surface area contributed by atoms with Gasteiger partial charge in [-0.3, -0.25) is 9.59 Å². The molecule has 3 heterocycles. The van der Waals surface area contributed by atoms with Crippen LogP contribution in [0.15, 0.2) is 53.6 Å². The fourth-order valence-electron chi connectivity index (χ4n) is 3.34. The predicted molar refractivity (Wildman–Crippen MR) is 123 cm³/mol. The zero-order valence-corrected chi connectivity index (χ0v) is 18.7. The summed E-state index contributed by atoms with van der Waals surface area (Å²) in [6, 6.07) is 9.87. The van der Waals surface area contributed by atoms with Crippen molar-refractivity contribution in [3.63, 3.8) is 0 Å². The first kappa shape index (κ1) is 22.2. The number of thiazole rings is 1. The summed E-state index contributed by atoms with van der Waals surface area (Å²) >= 11 is 1.15. The number of benzene rings is 1. The molecule has 0 unspecified atom stereocenters. The molecule has 1 amide bonds. The van der Waals surface area contributed by atoms with Crippen LogP contribution in [0.2, 0.25) is 0 Å². The molecular formula is C23H20N4O5S. The number of aromatic carboxylic acids is 1. The van der Waals surface area contributed by atoms with E-state index in [1.54, 1.807) is 48.3 Å². The lowest BCUT2D eigenvalue weighted by Crippen LogP contribution is -2.22. The second-order valence-electron chi connectivity index (χ2n) is 7.34. The molecule has 0 aliphatic heterocycles. The van der Waals surface area contributed by atoms with Gasteiger partial charge in [0.2, 0.25) is 11.3 Å². The Bertz CT molecular complexity index is 1410. The van der Waals surface area contributed by atoms with Gasteiger partial charge in [0.15, 0.2) is 5.01 Å². The quantitative estimate of drug-likeness (QED) is 0.431. The minimum Gasteiger partial charge on any atom is -0.481 e. The number of hydrogen-bond acceptors (Lipinski definition) is 7. The number of rotatable bonds is 7. The maximum atomic E-state index is 13.0. The SMILES string of the molecule is COc1cc(CNC(=O)c2nc3c(=O)c(Cc4ccc(C(=O)O)cc4)cn(C)c3s2)ccn1. The van der Waals surface area contributed by atoms with Crippen molar-refractivity contribution in [2.45, 2.75) is 13.0 Å². The molecule has 0 saturated carbocycles. The molecule has 10 heteroatoms. The van der Waals surface area contributed by atoms with Crippen LogP contribution >= 0.6 is 11.3 Å². The summed E-state index contributed by atoms with van der Waals surface area (Å²) in [5.74, 6) is -0.928. The summed E-state index contributed by atoms with van der Waals surface area (Å²) < 4.78 is 6.86. The average Bonchev–Trinajstić information content (AvgIpc) is 3.28. The number of aryl methyl sites for hydroxylation is 1. The van der Waals surface area contributed by atoms with Gasteiger partial charge in [-0.05, 0) is 29.3 Å². The third-order valence-electron chi connectivity index (χ3n) is 5.04. The topological polar surface area (TPSA) is 123 Å². The number of pyridine rings is 2. The Kier molecular flexibility index (Phi) is 6.18. The summed E-state index contributed by atoms with van der Waals surface area (Å²) in [6.45, 7) is 0.265. The van der Waals surface area contributed by atoms with E-state index in [1.807, 2.05) is 0 Å². The monoisotopic (exact) mass is 464 g/mol. The van der Waals surface area contributed by atoms with Crippen LogP contribution in [-0.4, -0.2) is 38.6 Å². The maximum absolute atomic E-state index is 13.0. The van der Waals surface area contributed by atoms with Crippen LogP contribution in [0.1, 0.15) is 36.9 Å². The fourth-order valence-corrected chi connectivity index (χ4v) is 4.26. The van der Waals surface area contributed by atoms with Crippen molar-refractivity contribution >= 4 is 33.6 Å². The molecule has 0 saturated heterocycles. The zero-order valence-electron chi connectivity index (χ0n) is 17.9. The largest absolute Gasteiger partial charge is 0.481 e. The predicted octanol–water partition coefficient (Wildman–Crippen LogP) is 2.62. The van der Waals surface area contributed by atoms with Gasteiger partial charge in [0, 0.05) is 44.0 Å². The zero-order chi connectivity index (χ0) is 23.5. The van der Waals surface area contributed by atoms with Gasteiger partial charge in [-0.15, -0.1) is 0 Å². The fraction of sp³-hybridized carbons (Fsp3) is 0.174. The molecule has 9 nitrogen and oxygen atoms in total. The van der Waals surface area contributed by atoms with E-state index in [9.17, 15) is 14.4 Å². The molecule has 0 fully saturated rings. The van der Waals surface area contributed by atoms with Crippen molar-refractivity contribution in [2.75, 3.05) is 7.11 Å². The number of amides is 1. The van der Waals surface area contributed by atoms with Gasteiger partial charge in [-0.1, -0.05) is 23.5 Å². The number of aromatic nitrogens is 3. The van der Waals surface area contributed by atoms with Crippen molar-refractivity contribution in [3.05, 3.63) is 86.3 Å². The van der Waals surface area contributed by atoms with E-state index in [-0.39, 0.29) is 34.0 Å². The van der Waals surface area contributed by atoms with Crippen LogP contribution in [0.4, 0.5) is 0 Å². The summed E-state index contributed by atoms with van der Waals surface area (Å²) in [7, 11) is 3.31. The molecule has 168 valence electrons. The third kappa shape index (κ3) is 4.75. The molecule has 0 aliphatic carbocycles. The van der Waals surface area contributed by atoms with Crippen molar-refractivity contribution < 1.29 is 19.4 Å². The summed E-state index contributed by atoms with van der Waals surface area (Å²) in [4.78, 5) is 45.7. The first-order chi connectivity index (χ1) is 15.9. The van der Waals surface area contributed by atoms with Gasteiger partial charge < -0.3 is 19.7 Å². The van der Waals surface area contributed by atoms with Crippen molar-refractivity contribution in [1.82, 2.24) is 19.9 Å². The van der Waals surface area contributed by atoms with Crippen LogP contribution in [0.25, 0.3) is 10.3 Å². The summed E-state index contributed by atoms with van der Waals surface area (Å²) in [5.41, 5.74) is 2.30. The highest BCUT2D eigenvalue weighted by Gasteiger charge is 2.18. The Labute approximate surface area is 192 Å². The lowest BCUT2D eigenvalue weighted by molar-refractivity contribution is 0.0696.